The number of likely N-dealkylation sites (tertiary alicyclic amines) is 1. The van der Waals surface area contributed by atoms with Crippen molar-refractivity contribution in [3.05, 3.63) is 190 Å². The largest absolute Gasteiger partial charge is 0.394 e. The fourth-order valence-corrected chi connectivity index (χ4v) is 13.9. The molecule has 2 fully saturated rings. The summed E-state index contributed by atoms with van der Waals surface area (Å²) in [6.45, 7) is 9.62. The lowest BCUT2D eigenvalue weighted by Gasteiger charge is -2.31. The minimum atomic E-state index is -1.85. The molecule has 6 aromatic rings. The van der Waals surface area contributed by atoms with Gasteiger partial charge in [-0.05, 0) is 107 Å². The van der Waals surface area contributed by atoms with Crippen molar-refractivity contribution >= 4 is 105 Å². The van der Waals surface area contributed by atoms with E-state index in [4.69, 9.17) is 38.9 Å². The second kappa shape index (κ2) is 45.4. The molecule has 10 atom stereocenters. The second-order valence-corrected chi connectivity index (χ2v) is 30.3. The van der Waals surface area contributed by atoms with Gasteiger partial charge in [0.05, 0.1) is 26.4 Å². The van der Waals surface area contributed by atoms with Crippen molar-refractivity contribution in [2.24, 2.45) is 23.1 Å². The van der Waals surface area contributed by atoms with Crippen LogP contribution in [0.4, 0.5) is 4.79 Å². The fraction of sp³-hybridized carbons (Fsp3) is 0.422. The number of fused-ring (bicyclic) bond motifs is 1. The molecule has 14 amide bonds. The Hall–Kier alpha value is -12.1. The maximum Gasteiger partial charge on any atom is 0.312 e. The lowest BCUT2D eigenvalue weighted by molar-refractivity contribution is -0.142. The van der Waals surface area contributed by atoms with E-state index in [9.17, 15) is 43.5 Å². The summed E-state index contributed by atoms with van der Waals surface area (Å²) in [7, 11) is 0. The van der Waals surface area contributed by atoms with Gasteiger partial charge in [-0.3, -0.25) is 78.7 Å². The number of carbonyl (C=O) groups excluding carboxylic acids is 13. The molecule has 2 heterocycles. The molecule has 20 N–H and O–H groups in total. The lowest BCUT2D eigenvalue weighted by Crippen LogP contribution is -2.62. The summed E-state index contributed by atoms with van der Waals surface area (Å²) in [6.07, 6.45) is -0.295. The molecule has 2 aliphatic rings. The molecule has 34 nitrogen and oxygen atoms in total. The van der Waals surface area contributed by atoms with Gasteiger partial charge in [0.15, 0.2) is 5.96 Å². The Kier molecular flexibility index (Phi) is 35.2. The molecule has 0 aromatic heterocycles. The van der Waals surface area contributed by atoms with Gasteiger partial charge in [-0.25, -0.2) is 4.79 Å². The SMILES string of the molecule is CC(=O)NN(Cc1ccc(C[C@@H](NC(=O)[C@H](Cc2ccc(CN3CCOCC3)cc2)NC(=O)[C@H](CO)NC(=O)[C@@H](Cc2ccccc2)NC(=O)[C@@H](Cc2ccc(Cl)cc2)NC(=O)[C@@H](Cc2cccc3ccccc23)NC(N)=O)C(=O)N[C@@H](CC(C)C)C(=O)N[C@@H](CCCNC(=N)N)C(=O)N2CCC[C@H]2C(=O)N[C@H](C)C(N)=O)cc1)NC(C)=O. The first-order valence-corrected chi connectivity index (χ1v) is 39.6. The molecule has 0 saturated carbocycles. The van der Waals surface area contributed by atoms with Gasteiger partial charge >= 0.3 is 6.03 Å². The van der Waals surface area contributed by atoms with Gasteiger partial charge in [0.25, 0.3) is 0 Å². The van der Waals surface area contributed by atoms with Crippen molar-refractivity contribution in [1.29, 1.82) is 5.41 Å². The Morgan fingerprint density at radius 3 is 1.47 bits per heavy atom. The topological polar surface area (TPSA) is 507 Å². The molecule has 118 heavy (non-hydrogen) atoms. The zero-order valence-corrected chi connectivity index (χ0v) is 67.5. The third-order valence-corrected chi connectivity index (χ3v) is 20.1. The van der Waals surface area contributed by atoms with Crippen molar-refractivity contribution in [3.63, 3.8) is 0 Å². The number of aliphatic hydroxyl groups is 1. The summed E-state index contributed by atoms with van der Waals surface area (Å²) in [4.78, 5) is 186. The molecule has 2 aliphatic heterocycles. The molecule has 8 rings (SSSR count). The zero-order valence-electron chi connectivity index (χ0n) is 66.8. The number of halogens is 1. The van der Waals surface area contributed by atoms with Crippen LogP contribution in [0.5, 0.6) is 0 Å². The number of primary amides is 2. The number of nitrogens with one attached hydrogen (secondary N) is 13. The van der Waals surface area contributed by atoms with Crippen molar-refractivity contribution in [1.82, 2.24) is 78.9 Å². The van der Waals surface area contributed by atoms with Gasteiger partial charge in [-0.15, -0.1) is 5.12 Å². The Morgan fingerprint density at radius 1 is 0.517 bits per heavy atom. The minimum Gasteiger partial charge on any atom is -0.394 e. The number of aliphatic hydroxyl groups excluding tert-OH is 1. The quantitative estimate of drug-likeness (QED) is 0.0107. The number of guanidine groups is 1. The summed E-state index contributed by atoms with van der Waals surface area (Å²) >= 11 is 6.28. The molecule has 2 saturated heterocycles. The second-order valence-electron chi connectivity index (χ2n) is 29.8. The van der Waals surface area contributed by atoms with Crippen LogP contribution < -0.4 is 81.2 Å². The number of morpholine rings is 1. The van der Waals surface area contributed by atoms with E-state index in [0.29, 0.717) is 77.7 Å². The number of carbonyl (C=O) groups is 13. The first-order chi connectivity index (χ1) is 56.4. The minimum absolute atomic E-state index is 0.0330. The van der Waals surface area contributed by atoms with Crippen LogP contribution in [-0.4, -0.2) is 209 Å². The van der Waals surface area contributed by atoms with Crippen molar-refractivity contribution in [2.45, 2.75) is 172 Å². The smallest absolute Gasteiger partial charge is 0.312 e. The maximum absolute atomic E-state index is 15.6. The van der Waals surface area contributed by atoms with Crippen molar-refractivity contribution in [3.8, 4) is 0 Å². The molecule has 35 heteroatoms. The third kappa shape index (κ3) is 29.3. The Bertz CT molecular complexity index is 4460. The summed E-state index contributed by atoms with van der Waals surface area (Å²) in [5.41, 5.74) is 25.9. The highest BCUT2D eigenvalue weighted by atomic mass is 35.5. The number of rotatable bonds is 42. The number of hydrogen-bond donors (Lipinski definition) is 17. The number of urea groups is 1. The van der Waals surface area contributed by atoms with Crippen LogP contribution >= 0.6 is 11.6 Å². The van der Waals surface area contributed by atoms with E-state index < -0.39 is 144 Å². The van der Waals surface area contributed by atoms with Gasteiger partial charge in [0, 0.05) is 83.7 Å². The van der Waals surface area contributed by atoms with E-state index in [1.54, 1.807) is 117 Å². The van der Waals surface area contributed by atoms with E-state index in [0.717, 1.165) is 16.3 Å². The zero-order chi connectivity index (χ0) is 85.5. The molecule has 0 spiro atoms. The molecular weight excluding hydrogens is 1540 g/mol. The van der Waals surface area contributed by atoms with Crippen molar-refractivity contribution < 1.29 is 72.2 Å². The maximum atomic E-state index is 15.6. The number of hydrazine groups is 2. The number of hydrogen-bond acceptors (Lipinski definition) is 18. The van der Waals surface area contributed by atoms with E-state index in [2.05, 4.69) is 68.9 Å². The predicted molar refractivity (Wildman–Crippen MR) is 440 cm³/mol. The average Bonchev–Trinajstić information content (AvgIpc) is 1.78. The van der Waals surface area contributed by atoms with E-state index in [1.807, 2.05) is 42.5 Å². The summed E-state index contributed by atoms with van der Waals surface area (Å²) in [6, 6.07) is 26.3. The standard InChI is InChI=1S/C83H108ClN19O15/c1-49(2)40-64(73(108)91-63(20-12-34-89-82(86)87)81(116)102-35-13-21-71(102)80(115)90-50(3)72(85)107)92-74(109)66(42-55-24-28-58(29-25-55)47-103(99-51(4)105)100-52(5)106)94-76(111)68(43-54-22-26-57(27-23-54)46-101-36-38-118-39-37-101)96-79(114)70(48-104)97-77(112)65(41-53-14-7-6-8-15-53)93-75(110)67(44-56-30-32-61(84)33-31-56)95-78(113)69(98-83(88)117)45-60-18-11-17-59-16-9-10-19-62(59)60/h6-11,14-19,22-33,49-50,63-71,104H,12-13,20-21,34-48H2,1-5H3,(H2,85,107)(H,90,115)(H,91,108)(H,92,109)(H,93,110)(H,94,111)(H,95,113)(H,96,114)(H,97,112)(H,99,105)(H,100,106)(H4,86,87,89)(H3,88,98,117)/t50-,63+,64+,65-,66-,67-,68+,69-,70+,71+/m1/s1. The summed E-state index contributed by atoms with van der Waals surface area (Å²) < 4.78 is 5.56. The molecule has 6 aromatic carbocycles. The average molecular weight is 1650 g/mol. The first-order valence-electron chi connectivity index (χ1n) is 39.2. The molecule has 0 radical (unpaired) electrons. The van der Waals surface area contributed by atoms with Crippen LogP contribution in [0.25, 0.3) is 10.8 Å². The van der Waals surface area contributed by atoms with Gasteiger partial charge in [0.1, 0.15) is 60.4 Å². The van der Waals surface area contributed by atoms with Crippen LogP contribution in [0, 0.1) is 11.3 Å². The number of nitrogens with zero attached hydrogens (tertiary/aromatic N) is 3. The number of amides is 14. The highest BCUT2D eigenvalue weighted by Gasteiger charge is 2.41. The highest BCUT2D eigenvalue weighted by Crippen LogP contribution is 2.24. The number of ether oxygens (including phenoxy) is 1. The van der Waals surface area contributed by atoms with Crippen LogP contribution in [0.3, 0.4) is 0 Å². The molecule has 0 bridgehead atoms. The van der Waals surface area contributed by atoms with Gasteiger partial charge in [0.2, 0.25) is 70.9 Å². The van der Waals surface area contributed by atoms with Crippen LogP contribution in [0.1, 0.15) is 106 Å². The van der Waals surface area contributed by atoms with E-state index >= 15 is 24.0 Å². The molecule has 0 unspecified atom stereocenters. The molecule has 0 aliphatic carbocycles. The summed E-state index contributed by atoms with van der Waals surface area (Å²) in [5.74, 6) is -10.2. The Morgan fingerprint density at radius 2 is 0.966 bits per heavy atom. The van der Waals surface area contributed by atoms with E-state index in [-0.39, 0.29) is 89.3 Å². The number of nitrogens with two attached hydrogens (primary N) is 3. The third-order valence-electron chi connectivity index (χ3n) is 19.8. The van der Waals surface area contributed by atoms with Crippen LogP contribution in [0.2, 0.25) is 5.02 Å². The Labute approximate surface area is 689 Å². The monoisotopic (exact) mass is 1650 g/mol. The number of benzene rings is 6. The van der Waals surface area contributed by atoms with Crippen molar-refractivity contribution in [2.75, 3.05) is 46.0 Å². The Balaban J connectivity index is 1.11. The van der Waals surface area contributed by atoms with Crippen LogP contribution in [0.15, 0.2) is 146 Å². The van der Waals surface area contributed by atoms with Gasteiger partial charge < -0.3 is 85.1 Å². The van der Waals surface area contributed by atoms with Gasteiger partial charge in [-0.2, -0.15) is 0 Å². The lowest BCUT2D eigenvalue weighted by atomic mass is 9.97. The normalized spacial score (nSPS) is 15.7. The highest BCUT2D eigenvalue weighted by molar-refractivity contribution is 6.30. The predicted octanol–water partition coefficient (Wildman–Crippen LogP) is 0.456. The van der Waals surface area contributed by atoms with Gasteiger partial charge in [-0.1, -0.05) is 159 Å². The molecular formula is C83H108ClN19O15. The van der Waals surface area contributed by atoms with E-state index in [1.165, 1.54) is 30.8 Å². The fourth-order valence-electron chi connectivity index (χ4n) is 13.8. The van der Waals surface area contributed by atoms with Crippen LogP contribution in [-0.2, 0) is 107 Å². The summed E-state index contributed by atoms with van der Waals surface area (Å²) in [5, 5.41) is 49.1. The first kappa shape index (κ1) is 91.4. The molecule has 632 valence electrons.